The van der Waals surface area contributed by atoms with Gasteiger partial charge in [0, 0.05) is 5.39 Å². The number of nitrogens with one attached hydrogen (secondary N) is 1. The topological polar surface area (TPSA) is 112 Å². The molecule has 0 spiro atoms. The molecule has 1 aromatic heterocycles. The molecule has 8 nitrogen and oxygen atoms in total. The summed E-state index contributed by atoms with van der Waals surface area (Å²) in [4.78, 5) is 47.9. The number of hydrogen-bond acceptors (Lipinski definition) is 7. The van der Waals surface area contributed by atoms with Crippen LogP contribution in [0.25, 0.3) is 11.0 Å². The predicted molar refractivity (Wildman–Crippen MR) is 99.2 cm³/mol. The number of ether oxygens (including phenoxy) is 2. The van der Waals surface area contributed by atoms with E-state index in [2.05, 4.69) is 10.1 Å². The molecule has 0 aliphatic carbocycles. The summed E-state index contributed by atoms with van der Waals surface area (Å²) >= 11 is 0. The second-order valence-corrected chi connectivity index (χ2v) is 5.65. The zero-order valence-electron chi connectivity index (χ0n) is 14.8. The van der Waals surface area contributed by atoms with Gasteiger partial charge in [0.05, 0.1) is 18.4 Å². The average molecular weight is 381 g/mol. The summed E-state index contributed by atoms with van der Waals surface area (Å²) in [6, 6.07) is 14.2. The molecule has 3 aromatic rings. The molecule has 28 heavy (non-hydrogen) atoms. The van der Waals surface area contributed by atoms with Gasteiger partial charge in [-0.15, -0.1) is 0 Å². The van der Waals surface area contributed by atoms with Crippen molar-refractivity contribution in [2.45, 2.75) is 0 Å². The normalized spacial score (nSPS) is 10.3. The van der Waals surface area contributed by atoms with Crippen LogP contribution in [-0.2, 0) is 14.3 Å². The fourth-order valence-electron chi connectivity index (χ4n) is 2.48. The maximum atomic E-state index is 12.2. The van der Waals surface area contributed by atoms with Gasteiger partial charge < -0.3 is 19.2 Å². The van der Waals surface area contributed by atoms with Crippen molar-refractivity contribution in [3.8, 4) is 0 Å². The van der Waals surface area contributed by atoms with Gasteiger partial charge in [-0.2, -0.15) is 0 Å². The molecule has 0 unspecified atom stereocenters. The van der Waals surface area contributed by atoms with Gasteiger partial charge in [0.2, 0.25) is 0 Å². The van der Waals surface area contributed by atoms with Gasteiger partial charge in [-0.3, -0.25) is 4.79 Å². The molecule has 1 N–H and O–H groups in total. The highest BCUT2D eigenvalue weighted by atomic mass is 16.5. The Balaban J connectivity index is 1.69. The molecule has 0 saturated carbocycles. The average Bonchev–Trinajstić information content (AvgIpc) is 2.71. The summed E-state index contributed by atoms with van der Waals surface area (Å²) in [5.74, 6) is -2.30. The first-order valence-corrected chi connectivity index (χ1v) is 8.17. The van der Waals surface area contributed by atoms with E-state index in [4.69, 9.17) is 9.15 Å². The van der Waals surface area contributed by atoms with E-state index in [0.717, 1.165) is 0 Å². The molecule has 8 heteroatoms. The number of carbonyl (C=O) groups excluding carboxylic acids is 3. The van der Waals surface area contributed by atoms with Crippen LogP contribution in [0.4, 0.5) is 5.69 Å². The molecule has 2 aromatic carbocycles. The van der Waals surface area contributed by atoms with Crippen LogP contribution in [0.1, 0.15) is 20.7 Å². The highest BCUT2D eigenvalue weighted by Gasteiger charge is 2.18. The lowest BCUT2D eigenvalue weighted by atomic mass is 10.2. The highest BCUT2D eigenvalue weighted by molar-refractivity contribution is 6.02. The van der Waals surface area contributed by atoms with Crippen molar-refractivity contribution in [2.24, 2.45) is 0 Å². The van der Waals surface area contributed by atoms with Gasteiger partial charge in [-0.1, -0.05) is 30.3 Å². The molecule has 0 bridgehead atoms. The number of benzene rings is 2. The lowest BCUT2D eigenvalue weighted by molar-refractivity contribution is -0.119. The number of esters is 2. The summed E-state index contributed by atoms with van der Waals surface area (Å²) in [5.41, 5.74) is -0.483. The molecule has 0 atom stereocenters. The van der Waals surface area contributed by atoms with E-state index in [9.17, 15) is 19.2 Å². The van der Waals surface area contributed by atoms with Gasteiger partial charge >= 0.3 is 17.6 Å². The second kappa shape index (κ2) is 8.17. The number of para-hydroxylation sites is 2. The van der Waals surface area contributed by atoms with E-state index in [1.165, 1.54) is 25.3 Å². The predicted octanol–water partition coefficient (Wildman–Crippen LogP) is 2.38. The van der Waals surface area contributed by atoms with Gasteiger partial charge in [0.1, 0.15) is 11.1 Å². The second-order valence-electron chi connectivity index (χ2n) is 5.65. The van der Waals surface area contributed by atoms with Crippen molar-refractivity contribution in [1.82, 2.24) is 0 Å². The van der Waals surface area contributed by atoms with Gasteiger partial charge in [-0.25, -0.2) is 14.4 Å². The number of methoxy groups -OCH3 is 1. The van der Waals surface area contributed by atoms with Crippen molar-refractivity contribution in [3.63, 3.8) is 0 Å². The van der Waals surface area contributed by atoms with Crippen LogP contribution in [0.15, 0.2) is 63.8 Å². The van der Waals surface area contributed by atoms with E-state index in [1.54, 1.807) is 36.4 Å². The maximum absolute atomic E-state index is 12.2. The van der Waals surface area contributed by atoms with Crippen molar-refractivity contribution >= 4 is 34.5 Å². The standard InChI is InChI=1S/C20H15NO7/c1-26-18(23)13-7-3-4-8-15(13)21-17(22)11-27-19(24)14-10-12-6-2-5-9-16(12)28-20(14)25/h2-10H,11H2,1H3,(H,21,22). The van der Waals surface area contributed by atoms with Crippen molar-refractivity contribution in [2.75, 3.05) is 19.0 Å². The third kappa shape index (κ3) is 4.07. The van der Waals surface area contributed by atoms with Crippen LogP contribution in [0.3, 0.4) is 0 Å². The zero-order valence-corrected chi connectivity index (χ0v) is 14.8. The molecular formula is C20H15NO7. The van der Waals surface area contributed by atoms with Crippen molar-refractivity contribution < 1.29 is 28.3 Å². The summed E-state index contributed by atoms with van der Waals surface area (Å²) in [5, 5.41) is 3.01. The van der Waals surface area contributed by atoms with E-state index >= 15 is 0 Å². The van der Waals surface area contributed by atoms with Crippen LogP contribution in [0, 0.1) is 0 Å². The summed E-state index contributed by atoms with van der Waals surface area (Å²) in [7, 11) is 1.22. The Morgan fingerprint density at radius 2 is 1.68 bits per heavy atom. The Morgan fingerprint density at radius 3 is 2.46 bits per heavy atom. The van der Waals surface area contributed by atoms with E-state index < -0.39 is 30.1 Å². The van der Waals surface area contributed by atoms with Gasteiger partial charge in [0.25, 0.3) is 5.91 Å². The molecule has 0 aliphatic heterocycles. The summed E-state index contributed by atoms with van der Waals surface area (Å²) in [6.45, 7) is -0.652. The first kappa shape index (κ1) is 18.8. The lowest BCUT2D eigenvalue weighted by Crippen LogP contribution is -2.24. The fourth-order valence-corrected chi connectivity index (χ4v) is 2.48. The van der Waals surface area contributed by atoms with Crippen molar-refractivity contribution in [1.29, 1.82) is 0 Å². The van der Waals surface area contributed by atoms with Crippen molar-refractivity contribution in [3.05, 3.63) is 76.1 Å². The zero-order chi connectivity index (χ0) is 20.1. The van der Waals surface area contributed by atoms with Crippen LogP contribution in [-0.4, -0.2) is 31.6 Å². The highest BCUT2D eigenvalue weighted by Crippen LogP contribution is 2.16. The minimum Gasteiger partial charge on any atom is -0.465 e. The number of amides is 1. The molecule has 0 radical (unpaired) electrons. The number of anilines is 1. The molecular weight excluding hydrogens is 366 g/mol. The SMILES string of the molecule is COC(=O)c1ccccc1NC(=O)COC(=O)c1cc2ccccc2oc1=O. The molecule has 0 aliphatic rings. The molecule has 142 valence electrons. The Hall–Kier alpha value is -3.94. The Bertz CT molecular complexity index is 1120. The number of hydrogen-bond donors (Lipinski definition) is 1. The molecule has 0 saturated heterocycles. The Morgan fingerprint density at radius 1 is 0.964 bits per heavy atom. The largest absolute Gasteiger partial charge is 0.465 e. The number of carbonyl (C=O) groups is 3. The monoisotopic (exact) mass is 381 g/mol. The first-order valence-electron chi connectivity index (χ1n) is 8.17. The summed E-state index contributed by atoms with van der Waals surface area (Å²) in [6.07, 6.45) is 0. The summed E-state index contributed by atoms with van der Waals surface area (Å²) < 4.78 is 14.6. The number of rotatable bonds is 5. The molecule has 3 rings (SSSR count). The third-order valence-electron chi connectivity index (χ3n) is 3.80. The van der Waals surface area contributed by atoms with Crippen LogP contribution in [0.5, 0.6) is 0 Å². The first-order chi connectivity index (χ1) is 13.5. The quantitative estimate of drug-likeness (QED) is 0.533. The smallest absolute Gasteiger partial charge is 0.351 e. The van der Waals surface area contributed by atoms with Crippen LogP contribution >= 0.6 is 0 Å². The third-order valence-corrected chi connectivity index (χ3v) is 3.80. The van der Waals surface area contributed by atoms with Crippen LogP contribution in [0.2, 0.25) is 0 Å². The van der Waals surface area contributed by atoms with E-state index in [1.807, 2.05) is 0 Å². The molecule has 0 fully saturated rings. The van der Waals surface area contributed by atoms with E-state index in [0.29, 0.717) is 11.0 Å². The fraction of sp³-hybridized carbons (Fsp3) is 0.100. The maximum Gasteiger partial charge on any atom is 0.351 e. The number of fused-ring (bicyclic) bond motifs is 1. The Kier molecular flexibility index (Phi) is 5.50. The minimum atomic E-state index is -0.990. The Labute approximate surface area is 158 Å². The molecule has 1 heterocycles. The molecule has 1 amide bonds. The minimum absolute atomic E-state index is 0.153. The van der Waals surface area contributed by atoms with Gasteiger partial charge in [0.15, 0.2) is 6.61 Å². The lowest BCUT2D eigenvalue weighted by Gasteiger charge is -2.10. The van der Waals surface area contributed by atoms with E-state index in [-0.39, 0.29) is 16.8 Å². The van der Waals surface area contributed by atoms with Gasteiger partial charge in [-0.05, 0) is 24.3 Å². The van der Waals surface area contributed by atoms with Crippen LogP contribution < -0.4 is 10.9 Å².